The first kappa shape index (κ1) is 11.9. The first-order valence-electron chi connectivity index (χ1n) is 6.68. The van der Waals surface area contributed by atoms with E-state index >= 15 is 0 Å². The van der Waals surface area contributed by atoms with Crippen molar-refractivity contribution in [2.75, 3.05) is 6.66 Å². The molecule has 0 amide bonds. The molecule has 0 saturated carbocycles. The van der Waals surface area contributed by atoms with E-state index in [2.05, 4.69) is 67.3 Å². The van der Waals surface area contributed by atoms with Crippen LogP contribution in [-0.4, -0.2) is 6.66 Å². The van der Waals surface area contributed by atoms with Gasteiger partial charge in [0.1, 0.15) is 0 Å². The first-order chi connectivity index (χ1) is 8.86. The van der Waals surface area contributed by atoms with Gasteiger partial charge in [-0.15, -0.1) is 0 Å². The van der Waals surface area contributed by atoms with Crippen LogP contribution in [0.5, 0.6) is 0 Å². The van der Waals surface area contributed by atoms with Crippen molar-refractivity contribution in [2.24, 2.45) is 0 Å². The van der Waals surface area contributed by atoms with Crippen LogP contribution in [0.4, 0.5) is 0 Å². The Morgan fingerprint density at radius 2 is 1.11 bits per heavy atom. The van der Waals surface area contributed by atoms with E-state index in [0.717, 1.165) is 11.3 Å². The fourth-order valence-electron chi connectivity index (χ4n) is 3.09. The van der Waals surface area contributed by atoms with Crippen LogP contribution in [0.3, 0.4) is 0 Å². The molecule has 0 aliphatic carbocycles. The minimum atomic E-state index is 0.0556. The molecule has 2 atom stereocenters. The Labute approximate surface area is 111 Å². The predicted octanol–water partition coefficient (Wildman–Crippen LogP) is 5.37. The van der Waals surface area contributed by atoms with Crippen molar-refractivity contribution in [1.29, 1.82) is 0 Å². The van der Waals surface area contributed by atoms with Gasteiger partial charge >= 0.3 is 0 Å². The fraction of sp³-hybridized carbons (Fsp3) is 0.294. The highest BCUT2D eigenvalue weighted by Crippen LogP contribution is 2.67. The van der Waals surface area contributed by atoms with E-state index in [1.807, 2.05) is 0 Å². The molecule has 18 heavy (non-hydrogen) atoms. The van der Waals surface area contributed by atoms with Crippen LogP contribution in [0.15, 0.2) is 60.7 Å². The second-order valence-corrected chi connectivity index (χ2v) is 7.67. The van der Waals surface area contributed by atoms with Crippen molar-refractivity contribution in [3.63, 3.8) is 0 Å². The van der Waals surface area contributed by atoms with Gasteiger partial charge in [-0.3, -0.25) is 0 Å². The Morgan fingerprint density at radius 1 is 0.722 bits per heavy atom. The molecule has 2 aromatic carbocycles. The van der Waals surface area contributed by atoms with Crippen molar-refractivity contribution in [2.45, 2.75) is 24.2 Å². The zero-order valence-electron chi connectivity index (χ0n) is 10.8. The lowest BCUT2D eigenvalue weighted by molar-refractivity contribution is 0.765. The number of benzene rings is 2. The van der Waals surface area contributed by atoms with E-state index in [1.165, 1.54) is 12.8 Å². The highest BCUT2D eigenvalue weighted by Gasteiger charge is 2.33. The second-order valence-electron chi connectivity index (χ2n) is 5.10. The van der Waals surface area contributed by atoms with Gasteiger partial charge in [0.25, 0.3) is 0 Å². The molecule has 1 aliphatic heterocycles. The van der Waals surface area contributed by atoms with Crippen LogP contribution < -0.4 is 0 Å². The highest BCUT2D eigenvalue weighted by molar-refractivity contribution is 7.58. The lowest BCUT2D eigenvalue weighted by Crippen LogP contribution is -1.92. The molecule has 0 spiro atoms. The molecule has 0 unspecified atom stereocenters. The van der Waals surface area contributed by atoms with Crippen LogP contribution in [-0.2, 0) is 0 Å². The molecule has 0 radical (unpaired) electrons. The summed E-state index contributed by atoms with van der Waals surface area (Å²) in [6.07, 6.45) is 2.71. The van der Waals surface area contributed by atoms with E-state index in [-0.39, 0.29) is 7.92 Å². The molecule has 2 aromatic rings. The Balaban J connectivity index is 1.83. The van der Waals surface area contributed by atoms with Gasteiger partial charge in [0.05, 0.1) is 0 Å². The number of hydrogen-bond acceptors (Lipinski definition) is 0. The molecule has 1 fully saturated rings. The average Bonchev–Trinajstić information content (AvgIpc) is 2.83. The molecule has 0 bridgehead atoms. The molecule has 0 N–H and O–H groups in total. The lowest BCUT2D eigenvalue weighted by atomic mass is 10.0. The predicted molar refractivity (Wildman–Crippen MR) is 80.4 cm³/mol. The van der Waals surface area contributed by atoms with E-state index in [9.17, 15) is 0 Å². The second kappa shape index (κ2) is 5.24. The maximum atomic E-state index is 2.48. The number of rotatable bonds is 2. The third-order valence-corrected chi connectivity index (χ3v) is 7.14. The standard InChI is InChI=1S/C17H19P/c1-18-16(14-8-4-2-5-9-14)12-13-17(18)15-10-6-3-7-11-15/h2-11,16-17H,12-13H2,1H3/t16-,17-/m0/s1. The smallest absolute Gasteiger partial charge is 0.00451 e. The van der Waals surface area contributed by atoms with Crippen molar-refractivity contribution >= 4 is 7.92 Å². The van der Waals surface area contributed by atoms with Crippen LogP contribution in [0.1, 0.15) is 35.3 Å². The van der Waals surface area contributed by atoms with Crippen molar-refractivity contribution < 1.29 is 0 Å². The third kappa shape index (κ3) is 2.22. The molecule has 92 valence electrons. The maximum Gasteiger partial charge on any atom is 0.00451 e. The summed E-state index contributed by atoms with van der Waals surface area (Å²) in [5.74, 6) is 0. The molecule has 1 saturated heterocycles. The van der Waals surface area contributed by atoms with Gasteiger partial charge in [-0.05, 0) is 30.6 Å². The van der Waals surface area contributed by atoms with Gasteiger partial charge in [0, 0.05) is 11.3 Å². The highest BCUT2D eigenvalue weighted by atomic mass is 31.1. The average molecular weight is 254 g/mol. The molecule has 1 heteroatoms. The van der Waals surface area contributed by atoms with Gasteiger partial charge in [-0.2, -0.15) is 0 Å². The summed E-state index contributed by atoms with van der Waals surface area (Å²) in [6, 6.07) is 22.1. The summed E-state index contributed by atoms with van der Waals surface area (Å²) in [4.78, 5) is 0. The Kier molecular flexibility index (Phi) is 3.48. The third-order valence-electron chi connectivity index (χ3n) is 4.07. The van der Waals surface area contributed by atoms with Crippen LogP contribution in [0.25, 0.3) is 0 Å². The van der Waals surface area contributed by atoms with Gasteiger partial charge in [-0.1, -0.05) is 68.6 Å². The quantitative estimate of drug-likeness (QED) is 0.631. The van der Waals surface area contributed by atoms with Crippen molar-refractivity contribution in [3.05, 3.63) is 71.8 Å². The number of hydrogen-bond donors (Lipinski definition) is 0. The summed E-state index contributed by atoms with van der Waals surface area (Å²) in [6.45, 7) is 2.48. The summed E-state index contributed by atoms with van der Waals surface area (Å²) in [5.41, 5.74) is 4.69. The van der Waals surface area contributed by atoms with Gasteiger partial charge in [0.2, 0.25) is 0 Å². The molecule has 1 heterocycles. The summed E-state index contributed by atoms with van der Waals surface area (Å²) in [7, 11) is 0.0556. The van der Waals surface area contributed by atoms with Gasteiger partial charge in [0.15, 0.2) is 0 Å². The normalized spacial score (nSPS) is 24.3. The van der Waals surface area contributed by atoms with Crippen molar-refractivity contribution in [3.8, 4) is 0 Å². The molecule has 3 rings (SSSR count). The molecular formula is C17H19P. The minimum Gasteiger partial charge on any atom is -0.0945 e. The molecular weight excluding hydrogens is 235 g/mol. The monoisotopic (exact) mass is 254 g/mol. The largest absolute Gasteiger partial charge is 0.0945 e. The first-order valence-corrected chi connectivity index (χ1v) is 8.61. The molecule has 0 aromatic heterocycles. The fourth-order valence-corrected chi connectivity index (χ4v) is 5.93. The van der Waals surface area contributed by atoms with E-state index in [4.69, 9.17) is 0 Å². The SMILES string of the molecule is CP1[C@H](c2ccccc2)CC[C@H]1c1ccccc1. The Bertz CT molecular complexity index is 444. The van der Waals surface area contributed by atoms with Gasteiger partial charge in [-0.25, -0.2) is 0 Å². The zero-order valence-corrected chi connectivity index (χ0v) is 11.7. The van der Waals surface area contributed by atoms with Crippen LogP contribution >= 0.6 is 7.92 Å². The minimum absolute atomic E-state index is 0.0556. The molecule has 0 nitrogen and oxygen atoms in total. The van der Waals surface area contributed by atoms with Gasteiger partial charge < -0.3 is 0 Å². The van der Waals surface area contributed by atoms with E-state index in [1.54, 1.807) is 11.1 Å². The Morgan fingerprint density at radius 3 is 1.50 bits per heavy atom. The lowest BCUT2D eigenvalue weighted by Gasteiger charge is -2.22. The van der Waals surface area contributed by atoms with Crippen LogP contribution in [0, 0.1) is 0 Å². The zero-order chi connectivity index (χ0) is 12.4. The van der Waals surface area contributed by atoms with Crippen LogP contribution in [0.2, 0.25) is 0 Å². The van der Waals surface area contributed by atoms with E-state index in [0.29, 0.717) is 0 Å². The van der Waals surface area contributed by atoms with Crippen molar-refractivity contribution in [1.82, 2.24) is 0 Å². The molecule has 1 aliphatic rings. The summed E-state index contributed by atoms with van der Waals surface area (Å²) >= 11 is 0. The summed E-state index contributed by atoms with van der Waals surface area (Å²) in [5, 5.41) is 0. The van der Waals surface area contributed by atoms with E-state index < -0.39 is 0 Å². The topological polar surface area (TPSA) is 0 Å². The summed E-state index contributed by atoms with van der Waals surface area (Å²) < 4.78 is 0. The maximum absolute atomic E-state index is 2.48. The Hall–Kier alpha value is -1.13.